The van der Waals surface area contributed by atoms with Gasteiger partial charge in [-0.25, -0.2) is 0 Å². The van der Waals surface area contributed by atoms with Crippen molar-refractivity contribution in [2.75, 3.05) is 9.80 Å². The number of para-hydroxylation sites is 4. The lowest BCUT2D eigenvalue weighted by atomic mass is 9.77. The number of aryl methyl sites for hydroxylation is 4. The molecule has 0 saturated heterocycles. The van der Waals surface area contributed by atoms with Gasteiger partial charge in [-0.15, -0.1) is 0 Å². The molecule has 0 aromatic heterocycles. The van der Waals surface area contributed by atoms with Gasteiger partial charge in [0, 0.05) is 38.9 Å². The third-order valence-electron chi connectivity index (χ3n) is 15.4. The number of rotatable bonds is 5. The highest BCUT2D eigenvalue weighted by molar-refractivity contribution is 6.22. The predicted octanol–water partition coefficient (Wildman–Crippen LogP) is 16.7. The zero-order valence-corrected chi connectivity index (χ0v) is 38.2. The minimum atomic E-state index is -0.0782. The molecule has 0 spiro atoms. The molecule has 9 aromatic rings. The molecule has 0 bridgehead atoms. The molecule has 67 heavy (non-hydrogen) atoms. The molecule has 9 aromatic carbocycles. The van der Waals surface area contributed by atoms with Crippen LogP contribution in [0.4, 0.5) is 28.4 Å². The summed E-state index contributed by atoms with van der Waals surface area (Å²) >= 11 is 0. The van der Waals surface area contributed by atoms with Crippen LogP contribution in [0.2, 0.25) is 0 Å². The maximum Gasteiger partial charge on any atom is 0.0619 e. The van der Waals surface area contributed by atoms with Crippen LogP contribution in [-0.2, 0) is 31.1 Å². The number of hydrogen-bond donors (Lipinski definition) is 0. The van der Waals surface area contributed by atoms with E-state index in [1.54, 1.807) is 5.57 Å². The Bertz CT molecular complexity index is 3390. The fourth-order valence-electron chi connectivity index (χ4n) is 12.1. The standard InChI is InChI=1S/C65H52N2/c1-65(2)57-41-44(31-39-51(57)52-40-38-50(42-58(52)65)66-59-23-11-3-15-45(59)34-35-46-16-4-12-24-60(46)66)28-27-43-29-32-49(33-30-43)63-53-19-7-9-21-55(53)64(56-22-10-8-20-54(56)63)67-61-25-13-5-17-47(61)36-37-48-18-6-14-26-62(48)67/h3-33,38-41,50H,34-37,42H2,1-2H3. The van der Waals surface area contributed by atoms with Crippen LogP contribution in [0.3, 0.4) is 0 Å². The van der Waals surface area contributed by atoms with E-state index in [1.807, 2.05) is 0 Å². The Morgan fingerprint density at radius 2 is 0.940 bits per heavy atom. The van der Waals surface area contributed by atoms with Gasteiger partial charge in [0.15, 0.2) is 0 Å². The van der Waals surface area contributed by atoms with Crippen molar-refractivity contribution in [3.63, 3.8) is 0 Å². The molecule has 2 nitrogen and oxygen atoms in total. The third kappa shape index (κ3) is 6.45. The molecule has 2 aliphatic heterocycles. The first-order valence-corrected chi connectivity index (χ1v) is 24.2. The van der Waals surface area contributed by atoms with E-state index >= 15 is 0 Å². The molecule has 2 aliphatic carbocycles. The SMILES string of the molecule is CC1(C)C2=C(C=CC(N3c4ccccc4CCc4ccccc43)C2)c2ccc(C=Cc3ccc(-c4c5ccccc5c(N5c6ccccc6CCc6ccccc65)c5ccccc45)cc3)cc21. The number of nitrogens with zero attached hydrogens (tertiary/aromatic N) is 2. The van der Waals surface area contributed by atoms with E-state index in [9.17, 15) is 0 Å². The summed E-state index contributed by atoms with van der Waals surface area (Å²) in [6, 6.07) is 70.7. The lowest BCUT2D eigenvalue weighted by Crippen LogP contribution is -2.34. The number of allylic oxidation sites excluding steroid dienone is 2. The Morgan fingerprint density at radius 1 is 0.478 bits per heavy atom. The minimum absolute atomic E-state index is 0.0782. The van der Waals surface area contributed by atoms with Crippen molar-refractivity contribution in [2.45, 2.75) is 57.4 Å². The van der Waals surface area contributed by atoms with E-state index in [1.165, 1.54) is 111 Å². The zero-order chi connectivity index (χ0) is 44.6. The molecule has 322 valence electrons. The van der Waals surface area contributed by atoms with Crippen molar-refractivity contribution in [2.24, 2.45) is 0 Å². The first kappa shape index (κ1) is 39.7. The van der Waals surface area contributed by atoms with E-state index in [-0.39, 0.29) is 11.5 Å². The van der Waals surface area contributed by atoms with E-state index in [0.29, 0.717) is 0 Å². The van der Waals surface area contributed by atoms with Crippen LogP contribution in [0.5, 0.6) is 0 Å². The van der Waals surface area contributed by atoms with Crippen LogP contribution in [0.1, 0.15) is 64.8 Å². The number of anilines is 5. The molecule has 2 heterocycles. The molecular weight excluding hydrogens is 809 g/mol. The summed E-state index contributed by atoms with van der Waals surface area (Å²) in [5, 5.41) is 5.04. The van der Waals surface area contributed by atoms with Gasteiger partial charge in [-0.2, -0.15) is 0 Å². The summed E-state index contributed by atoms with van der Waals surface area (Å²) in [6.07, 6.45) is 14.6. The van der Waals surface area contributed by atoms with Crippen molar-refractivity contribution in [1.29, 1.82) is 0 Å². The summed E-state index contributed by atoms with van der Waals surface area (Å²) in [5.41, 5.74) is 22.7. The molecule has 0 N–H and O–H groups in total. The molecule has 1 atom stereocenters. The van der Waals surface area contributed by atoms with Crippen molar-refractivity contribution in [3.8, 4) is 11.1 Å². The van der Waals surface area contributed by atoms with Gasteiger partial charge in [-0.1, -0.05) is 202 Å². The van der Waals surface area contributed by atoms with Crippen LogP contribution >= 0.6 is 0 Å². The van der Waals surface area contributed by atoms with Gasteiger partial charge in [-0.3, -0.25) is 0 Å². The average molecular weight is 861 g/mol. The van der Waals surface area contributed by atoms with Gasteiger partial charge in [0.2, 0.25) is 0 Å². The quantitative estimate of drug-likeness (QED) is 0.126. The molecule has 0 amide bonds. The van der Waals surface area contributed by atoms with Crippen LogP contribution in [-0.4, -0.2) is 6.04 Å². The van der Waals surface area contributed by atoms with Crippen molar-refractivity contribution < 1.29 is 0 Å². The van der Waals surface area contributed by atoms with Crippen LogP contribution < -0.4 is 9.80 Å². The highest BCUT2D eigenvalue weighted by atomic mass is 15.2. The lowest BCUT2D eigenvalue weighted by molar-refractivity contribution is 0.585. The van der Waals surface area contributed by atoms with Crippen molar-refractivity contribution >= 4 is 67.7 Å². The van der Waals surface area contributed by atoms with Gasteiger partial charge < -0.3 is 9.80 Å². The Labute approximate surface area is 394 Å². The van der Waals surface area contributed by atoms with E-state index in [0.717, 1.165) is 32.1 Å². The van der Waals surface area contributed by atoms with Crippen LogP contribution in [0.25, 0.3) is 50.4 Å². The van der Waals surface area contributed by atoms with Crippen molar-refractivity contribution in [1.82, 2.24) is 0 Å². The highest BCUT2D eigenvalue weighted by Gasteiger charge is 2.41. The first-order valence-electron chi connectivity index (χ1n) is 24.2. The monoisotopic (exact) mass is 860 g/mol. The Morgan fingerprint density at radius 3 is 1.51 bits per heavy atom. The van der Waals surface area contributed by atoms with Gasteiger partial charge in [0.25, 0.3) is 0 Å². The summed E-state index contributed by atoms with van der Waals surface area (Å²) in [6.45, 7) is 4.87. The molecule has 0 saturated carbocycles. The molecule has 0 radical (unpaired) electrons. The third-order valence-corrected chi connectivity index (χ3v) is 15.4. The molecule has 13 rings (SSSR count). The number of benzene rings is 9. The lowest BCUT2D eigenvalue weighted by Gasteiger charge is -2.37. The first-order chi connectivity index (χ1) is 33.0. The van der Waals surface area contributed by atoms with E-state index in [2.05, 4.69) is 236 Å². The highest BCUT2D eigenvalue weighted by Crippen LogP contribution is 2.53. The topological polar surface area (TPSA) is 6.48 Å². The number of hydrogen-bond acceptors (Lipinski definition) is 2. The minimum Gasteiger partial charge on any atom is -0.334 e. The molecule has 1 unspecified atom stereocenters. The van der Waals surface area contributed by atoms with Gasteiger partial charge in [-0.05, 0) is 134 Å². The van der Waals surface area contributed by atoms with Crippen molar-refractivity contribution in [3.05, 3.63) is 250 Å². The largest absolute Gasteiger partial charge is 0.334 e. The number of fused-ring (bicyclic) bond motifs is 8. The van der Waals surface area contributed by atoms with Crippen LogP contribution in [0, 0.1) is 0 Å². The van der Waals surface area contributed by atoms with Gasteiger partial charge >= 0.3 is 0 Å². The van der Waals surface area contributed by atoms with E-state index < -0.39 is 0 Å². The van der Waals surface area contributed by atoms with Crippen LogP contribution in [0.15, 0.2) is 206 Å². The second-order valence-corrected chi connectivity index (χ2v) is 19.4. The van der Waals surface area contributed by atoms with Gasteiger partial charge in [0.1, 0.15) is 0 Å². The maximum atomic E-state index is 2.63. The Hall–Kier alpha value is -7.68. The smallest absolute Gasteiger partial charge is 0.0619 e. The fraction of sp³-hybridized carbons (Fsp3) is 0.138. The predicted molar refractivity (Wildman–Crippen MR) is 284 cm³/mol. The second-order valence-electron chi connectivity index (χ2n) is 19.4. The Kier molecular flexibility index (Phi) is 9.32. The summed E-state index contributed by atoms with van der Waals surface area (Å²) in [4.78, 5) is 5.18. The maximum absolute atomic E-state index is 2.63. The van der Waals surface area contributed by atoms with Gasteiger partial charge in [0.05, 0.1) is 11.7 Å². The molecular formula is C65H52N2. The normalized spacial score (nSPS) is 16.8. The molecule has 4 aliphatic rings. The summed E-state index contributed by atoms with van der Waals surface area (Å²) in [7, 11) is 0. The average Bonchev–Trinajstić information content (AvgIpc) is 3.49. The summed E-state index contributed by atoms with van der Waals surface area (Å²) < 4.78 is 0. The summed E-state index contributed by atoms with van der Waals surface area (Å²) in [5.74, 6) is 0. The molecule has 0 fully saturated rings. The second kappa shape index (κ2) is 15.7. The fourth-order valence-corrected chi connectivity index (χ4v) is 12.1. The molecule has 2 heteroatoms. The van der Waals surface area contributed by atoms with E-state index in [4.69, 9.17) is 0 Å². The Balaban J connectivity index is 0.816. The zero-order valence-electron chi connectivity index (χ0n) is 38.2.